The zero-order chi connectivity index (χ0) is 17.4. The number of hydrogen-bond donors (Lipinski definition) is 2. The lowest BCUT2D eigenvalue weighted by Gasteiger charge is -2.47. The maximum atomic E-state index is 12.9. The summed E-state index contributed by atoms with van der Waals surface area (Å²) in [5.74, 6) is 0.567. The summed E-state index contributed by atoms with van der Waals surface area (Å²) in [7, 11) is 0. The van der Waals surface area contributed by atoms with Crippen LogP contribution in [0.3, 0.4) is 0 Å². The lowest BCUT2D eigenvalue weighted by Crippen LogP contribution is -2.57. The Labute approximate surface area is 147 Å². The molecule has 25 heavy (non-hydrogen) atoms. The van der Waals surface area contributed by atoms with Crippen LogP contribution >= 0.6 is 0 Å². The van der Waals surface area contributed by atoms with Crippen LogP contribution in [0.15, 0.2) is 0 Å². The number of aliphatic hydroxyl groups is 1. The Morgan fingerprint density at radius 1 is 1.28 bits per heavy atom. The molecule has 1 aliphatic carbocycles. The van der Waals surface area contributed by atoms with Crippen molar-refractivity contribution in [3.8, 4) is 0 Å². The Morgan fingerprint density at radius 2 is 2.16 bits per heavy atom. The summed E-state index contributed by atoms with van der Waals surface area (Å²) in [4.78, 5) is 29.0. The minimum absolute atomic E-state index is 0.0386. The van der Waals surface area contributed by atoms with E-state index >= 15 is 0 Å². The van der Waals surface area contributed by atoms with Gasteiger partial charge in [0.2, 0.25) is 5.91 Å². The summed E-state index contributed by atoms with van der Waals surface area (Å²) < 4.78 is 0. The first-order valence-corrected chi connectivity index (χ1v) is 9.44. The summed E-state index contributed by atoms with van der Waals surface area (Å²) in [5, 5.41) is 16.4. The summed E-state index contributed by atoms with van der Waals surface area (Å²) in [5.41, 5.74) is 2.84. The van der Waals surface area contributed by atoms with Gasteiger partial charge in [-0.2, -0.15) is 5.10 Å². The molecule has 2 fully saturated rings. The highest BCUT2D eigenvalue weighted by Crippen LogP contribution is 2.32. The van der Waals surface area contributed by atoms with Crippen molar-refractivity contribution >= 4 is 11.8 Å². The fourth-order valence-corrected chi connectivity index (χ4v) is 4.71. The minimum Gasteiger partial charge on any atom is -0.396 e. The largest absolute Gasteiger partial charge is 0.396 e. The van der Waals surface area contributed by atoms with Gasteiger partial charge in [0.05, 0.1) is 0 Å². The van der Waals surface area contributed by atoms with Gasteiger partial charge >= 0.3 is 0 Å². The molecule has 136 valence electrons. The molecule has 7 nitrogen and oxygen atoms in total. The normalized spacial score (nSPS) is 25.9. The van der Waals surface area contributed by atoms with Crippen molar-refractivity contribution in [1.29, 1.82) is 0 Å². The number of rotatable bonds is 4. The van der Waals surface area contributed by atoms with Crippen molar-refractivity contribution in [3.63, 3.8) is 0 Å². The first kappa shape index (κ1) is 16.6. The van der Waals surface area contributed by atoms with Crippen LogP contribution in [-0.2, 0) is 17.6 Å². The van der Waals surface area contributed by atoms with Gasteiger partial charge in [0.25, 0.3) is 5.91 Å². The molecule has 2 saturated heterocycles. The topological polar surface area (TPSA) is 89.5 Å². The molecule has 1 aromatic rings. The number of nitrogens with zero attached hydrogens (tertiary/aromatic N) is 3. The summed E-state index contributed by atoms with van der Waals surface area (Å²) in [6.07, 6.45) is 5.86. The molecule has 3 heterocycles. The van der Waals surface area contributed by atoms with Gasteiger partial charge in [-0.15, -0.1) is 0 Å². The molecule has 2 atom stereocenters. The average Bonchev–Trinajstić information content (AvgIpc) is 3.23. The molecule has 2 amide bonds. The van der Waals surface area contributed by atoms with Crippen LogP contribution in [0, 0.1) is 5.92 Å². The van der Waals surface area contributed by atoms with E-state index in [-0.39, 0.29) is 24.5 Å². The van der Waals surface area contributed by atoms with Crippen LogP contribution < -0.4 is 0 Å². The van der Waals surface area contributed by atoms with Gasteiger partial charge in [0.1, 0.15) is 0 Å². The molecule has 3 aliphatic rings. The van der Waals surface area contributed by atoms with Crippen molar-refractivity contribution in [3.05, 3.63) is 17.0 Å². The highest BCUT2D eigenvalue weighted by molar-refractivity contribution is 5.94. The van der Waals surface area contributed by atoms with Crippen molar-refractivity contribution < 1.29 is 14.7 Å². The molecular weight excluding hydrogens is 320 g/mol. The van der Waals surface area contributed by atoms with Gasteiger partial charge in [-0.3, -0.25) is 14.7 Å². The molecular formula is C18H26N4O3. The molecule has 0 radical (unpaired) electrons. The number of aliphatic hydroxyl groups excluding tert-OH is 1. The first-order valence-electron chi connectivity index (χ1n) is 9.44. The Morgan fingerprint density at radius 3 is 3.00 bits per heavy atom. The molecule has 4 rings (SSSR count). The van der Waals surface area contributed by atoms with E-state index in [4.69, 9.17) is 5.11 Å². The van der Waals surface area contributed by atoms with Gasteiger partial charge in [0, 0.05) is 50.0 Å². The maximum absolute atomic E-state index is 12.9. The number of aromatic nitrogens is 2. The number of aromatic amines is 1. The van der Waals surface area contributed by atoms with Gasteiger partial charge in [0.15, 0.2) is 5.69 Å². The predicted molar refractivity (Wildman–Crippen MR) is 91.1 cm³/mol. The van der Waals surface area contributed by atoms with Gasteiger partial charge in [-0.05, 0) is 44.4 Å². The molecule has 7 heteroatoms. The number of aryl methyl sites for hydroxylation is 1. The van der Waals surface area contributed by atoms with Crippen molar-refractivity contribution in [2.45, 2.75) is 51.0 Å². The monoisotopic (exact) mass is 346 g/mol. The van der Waals surface area contributed by atoms with Crippen LogP contribution in [0.1, 0.15) is 53.8 Å². The molecule has 2 N–H and O–H groups in total. The SMILES string of the molecule is O=C(c1n[nH]c2c1CCC2)N1CC[C@@H]2[C@@H](CCC(=O)N2CCCO)C1. The second-order valence-corrected chi connectivity index (χ2v) is 7.45. The minimum atomic E-state index is 0.0386. The number of H-pyrrole nitrogens is 1. The summed E-state index contributed by atoms with van der Waals surface area (Å²) >= 11 is 0. The van der Waals surface area contributed by atoms with E-state index in [1.807, 2.05) is 9.80 Å². The summed E-state index contributed by atoms with van der Waals surface area (Å²) in [6.45, 7) is 2.10. The van der Waals surface area contributed by atoms with Gasteiger partial charge in [-0.25, -0.2) is 0 Å². The highest BCUT2D eigenvalue weighted by Gasteiger charge is 2.40. The quantitative estimate of drug-likeness (QED) is 0.841. The second kappa shape index (κ2) is 6.78. The maximum Gasteiger partial charge on any atom is 0.274 e. The first-order chi connectivity index (χ1) is 12.2. The predicted octanol–water partition coefficient (Wildman–Crippen LogP) is 0.734. The highest BCUT2D eigenvalue weighted by atomic mass is 16.3. The second-order valence-electron chi connectivity index (χ2n) is 7.45. The van der Waals surface area contributed by atoms with Crippen LogP contribution in [0.25, 0.3) is 0 Å². The molecule has 1 aromatic heterocycles. The number of likely N-dealkylation sites (tertiary alicyclic amines) is 2. The van der Waals surface area contributed by atoms with Gasteiger partial charge in [-0.1, -0.05) is 0 Å². The Kier molecular flexibility index (Phi) is 4.50. The number of amides is 2. The van der Waals surface area contributed by atoms with Crippen LogP contribution in [0.5, 0.6) is 0 Å². The molecule has 0 bridgehead atoms. The number of piperidine rings is 2. The van der Waals surface area contributed by atoms with E-state index in [2.05, 4.69) is 10.2 Å². The third kappa shape index (κ3) is 2.94. The zero-order valence-corrected chi connectivity index (χ0v) is 14.5. The van der Waals surface area contributed by atoms with Crippen molar-refractivity contribution in [2.75, 3.05) is 26.2 Å². The lowest BCUT2D eigenvalue weighted by molar-refractivity contribution is -0.140. The Bertz CT molecular complexity index is 671. The summed E-state index contributed by atoms with van der Waals surface area (Å²) in [6, 6.07) is 0.210. The fourth-order valence-electron chi connectivity index (χ4n) is 4.71. The van der Waals surface area contributed by atoms with E-state index in [1.165, 1.54) is 0 Å². The molecule has 0 spiro atoms. The third-order valence-corrected chi connectivity index (χ3v) is 6.00. The van der Waals surface area contributed by atoms with E-state index in [0.29, 0.717) is 44.1 Å². The smallest absolute Gasteiger partial charge is 0.274 e. The molecule has 2 aliphatic heterocycles. The third-order valence-electron chi connectivity index (χ3n) is 6.00. The van der Waals surface area contributed by atoms with E-state index in [9.17, 15) is 9.59 Å². The van der Waals surface area contributed by atoms with Crippen LogP contribution in [0.2, 0.25) is 0 Å². The van der Waals surface area contributed by atoms with E-state index < -0.39 is 0 Å². The Balaban J connectivity index is 1.45. The molecule has 0 aromatic carbocycles. The standard InChI is InChI=1S/C18H26N4O3/c23-10-2-8-22-15-7-9-21(11-12(15)5-6-16(22)24)18(25)17-13-3-1-4-14(13)19-20-17/h12,15,23H,1-11H2,(H,19,20)/t12-,15+/m0/s1. The average molecular weight is 346 g/mol. The Hall–Kier alpha value is -1.89. The van der Waals surface area contributed by atoms with Crippen molar-refractivity contribution in [1.82, 2.24) is 20.0 Å². The number of fused-ring (bicyclic) bond motifs is 2. The van der Waals surface area contributed by atoms with E-state index in [0.717, 1.165) is 43.4 Å². The number of carbonyl (C=O) groups is 2. The zero-order valence-electron chi connectivity index (χ0n) is 14.5. The van der Waals surface area contributed by atoms with Crippen molar-refractivity contribution in [2.24, 2.45) is 5.92 Å². The van der Waals surface area contributed by atoms with Crippen LogP contribution in [0.4, 0.5) is 0 Å². The van der Waals surface area contributed by atoms with Crippen LogP contribution in [-0.4, -0.2) is 69.2 Å². The number of hydrogen-bond acceptors (Lipinski definition) is 4. The van der Waals surface area contributed by atoms with Gasteiger partial charge < -0.3 is 14.9 Å². The number of nitrogens with one attached hydrogen (secondary N) is 1. The lowest BCUT2D eigenvalue weighted by atomic mass is 9.83. The molecule has 0 unspecified atom stereocenters. The van der Waals surface area contributed by atoms with E-state index in [1.54, 1.807) is 0 Å². The number of carbonyl (C=O) groups excluding carboxylic acids is 2. The fraction of sp³-hybridized carbons (Fsp3) is 0.722. The molecule has 0 saturated carbocycles.